The number of methoxy groups -OCH3 is 1. The molecule has 0 aliphatic carbocycles. The molecule has 0 unspecified atom stereocenters. The van der Waals surface area contributed by atoms with Gasteiger partial charge in [0, 0.05) is 17.8 Å². The van der Waals surface area contributed by atoms with E-state index in [4.69, 9.17) is 10.5 Å². The first-order valence-electron chi connectivity index (χ1n) is 6.41. The average molecular weight is 306 g/mol. The fraction of sp³-hybridized carbons (Fsp3) is 0.200. The molecule has 112 valence electrons. The van der Waals surface area contributed by atoms with Gasteiger partial charge in [-0.3, -0.25) is 0 Å². The molecular weight excluding hydrogens is 288 g/mol. The van der Waals surface area contributed by atoms with E-state index in [1.54, 1.807) is 36.4 Å². The van der Waals surface area contributed by atoms with Crippen molar-refractivity contribution < 1.29 is 13.2 Å². The maximum atomic E-state index is 12.3. The minimum atomic E-state index is -3.57. The molecule has 21 heavy (non-hydrogen) atoms. The van der Waals surface area contributed by atoms with Gasteiger partial charge in [0.1, 0.15) is 5.75 Å². The predicted molar refractivity (Wildman–Crippen MR) is 82.6 cm³/mol. The Balaban J connectivity index is 2.21. The molecule has 5 nitrogen and oxygen atoms in total. The summed E-state index contributed by atoms with van der Waals surface area (Å²) in [5.74, 6) is 0.594. The van der Waals surface area contributed by atoms with Gasteiger partial charge in [0.05, 0.1) is 12.0 Å². The van der Waals surface area contributed by atoms with Gasteiger partial charge in [-0.05, 0) is 42.8 Å². The van der Waals surface area contributed by atoms with Crippen LogP contribution in [0.2, 0.25) is 0 Å². The van der Waals surface area contributed by atoms with Crippen LogP contribution >= 0.6 is 0 Å². The summed E-state index contributed by atoms with van der Waals surface area (Å²) in [5.41, 5.74) is 7.85. The molecule has 3 N–H and O–H groups in total. The zero-order valence-corrected chi connectivity index (χ0v) is 12.8. The van der Waals surface area contributed by atoms with Gasteiger partial charge in [-0.15, -0.1) is 0 Å². The summed E-state index contributed by atoms with van der Waals surface area (Å²) < 4.78 is 32.3. The van der Waals surface area contributed by atoms with Crippen molar-refractivity contribution in [2.45, 2.75) is 18.4 Å². The molecule has 0 aliphatic rings. The molecule has 0 saturated carbocycles. The monoisotopic (exact) mass is 306 g/mol. The van der Waals surface area contributed by atoms with E-state index in [-0.39, 0.29) is 11.4 Å². The molecule has 0 aliphatic heterocycles. The van der Waals surface area contributed by atoms with Crippen LogP contribution in [-0.2, 0) is 16.6 Å². The van der Waals surface area contributed by atoms with Crippen LogP contribution in [0, 0.1) is 6.92 Å². The Labute approximate surface area is 124 Å². The zero-order valence-electron chi connectivity index (χ0n) is 12.0. The Hall–Kier alpha value is -2.05. The van der Waals surface area contributed by atoms with Crippen LogP contribution in [0.4, 0.5) is 5.69 Å². The Morgan fingerprint density at radius 1 is 1.19 bits per heavy atom. The van der Waals surface area contributed by atoms with Crippen molar-refractivity contribution in [2.75, 3.05) is 12.8 Å². The maximum absolute atomic E-state index is 12.3. The number of rotatable bonds is 5. The highest BCUT2D eigenvalue weighted by atomic mass is 32.2. The highest BCUT2D eigenvalue weighted by Crippen LogP contribution is 2.21. The molecular formula is C15H18N2O3S. The second-order valence-corrected chi connectivity index (χ2v) is 6.48. The largest absolute Gasteiger partial charge is 0.496 e. The zero-order chi connectivity index (χ0) is 15.5. The van der Waals surface area contributed by atoms with Crippen molar-refractivity contribution in [1.82, 2.24) is 4.72 Å². The molecule has 0 heterocycles. The van der Waals surface area contributed by atoms with E-state index < -0.39 is 10.0 Å². The van der Waals surface area contributed by atoms with Crippen LogP contribution < -0.4 is 15.2 Å². The van der Waals surface area contributed by atoms with E-state index >= 15 is 0 Å². The van der Waals surface area contributed by atoms with Gasteiger partial charge in [-0.2, -0.15) is 0 Å². The van der Waals surface area contributed by atoms with Gasteiger partial charge in [-0.25, -0.2) is 13.1 Å². The minimum absolute atomic E-state index is 0.116. The second kappa shape index (κ2) is 6.15. The van der Waals surface area contributed by atoms with Crippen molar-refractivity contribution in [2.24, 2.45) is 0 Å². The lowest BCUT2D eigenvalue weighted by molar-refractivity contribution is 0.409. The van der Waals surface area contributed by atoms with E-state index in [1.807, 2.05) is 13.0 Å². The number of hydrogen-bond acceptors (Lipinski definition) is 4. The van der Waals surface area contributed by atoms with Crippen LogP contribution in [0.1, 0.15) is 11.1 Å². The fourth-order valence-electron chi connectivity index (χ4n) is 1.98. The van der Waals surface area contributed by atoms with E-state index in [0.717, 1.165) is 5.56 Å². The van der Waals surface area contributed by atoms with Crippen molar-refractivity contribution in [3.8, 4) is 5.75 Å². The Morgan fingerprint density at radius 3 is 2.62 bits per heavy atom. The summed E-state index contributed by atoms with van der Waals surface area (Å²) in [4.78, 5) is 0.241. The first kappa shape index (κ1) is 15.3. The van der Waals surface area contributed by atoms with Crippen LogP contribution in [0.25, 0.3) is 0 Å². The lowest BCUT2D eigenvalue weighted by Crippen LogP contribution is -2.23. The van der Waals surface area contributed by atoms with Gasteiger partial charge in [0.15, 0.2) is 0 Å². The molecule has 0 bridgehead atoms. The lowest BCUT2D eigenvalue weighted by atomic mass is 10.2. The number of hydrogen-bond donors (Lipinski definition) is 2. The summed E-state index contributed by atoms with van der Waals surface area (Å²) in [7, 11) is -2.03. The summed E-state index contributed by atoms with van der Waals surface area (Å²) >= 11 is 0. The van der Waals surface area contributed by atoms with E-state index in [2.05, 4.69) is 4.72 Å². The summed E-state index contributed by atoms with van der Waals surface area (Å²) in [5, 5.41) is 0. The Bertz CT molecular complexity index is 742. The van der Waals surface area contributed by atoms with Crippen LogP contribution in [-0.4, -0.2) is 15.5 Å². The van der Waals surface area contributed by atoms with E-state index in [9.17, 15) is 8.42 Å². The number of nitrogens with two attached hydrogens (primary N) is 1. The van der Waals surface area contributed by atoms with E-state index in [0.29, 0.717) is 17.0 Å². The standard InChI is InChI=1S/C15H18N2O3S/c1-11-4-3-5-14(8-11)21(18,19)17-10-12-9-13(16)6-7-15(12)20-2/h3-9,17H,10,16H2,1-2H3. The normalized spacial score (nSPS) is 11.3. The average Bonchev–Trinajstić information content (AvgIpc) is 2.45. The molecule has 0 atom stereocenters. The van der Waals surface area contributed by atoms with Gasteiger partial charge < -0.3 is 10.5 Å². The first-order valence-corrected chi connectivity index (χ1v) is 7.89. The molecule has 6 heteroatoms. The van der Waals surface area contributed by atoms with Crippen molar-refractivity contribution >= 4 is 15.7 Å². The van der Waals surface area contributed by atoms with Gasteiger partial charge in [0.2, 0.25) is 10.0 Å². The summed E-state index contributed by atoms with van der Waals surface area (Å²) in [6.45, 7) is 1.96. The third kappa shape index (κ3) is 3.74. The number of anilines is 1. The Kier molecular flexibility index (Phi) is 4.50. The summed E-state index contributed by atoms with van der Waals surface area (Å²) in [6.07, 6.45) is 0. The number of benzene rings is 2. The molecule has 0 spiro atoms. The quantitative estimate of drug-likeness (QED) is 0.829. The topological polar surface area (TPSA) is 81.4 Å². The molecule has 2 aromatic rings. The smallest absolute Gasteiger partial charge is 0.240 e. The van der Waals surface area contributed by atoms with Crippen molar-refractivity contribution in [3.05, 3.63) is 53.6 Å². The van der Waals surface area contributed by atoms with Crippen LogP contribution in [0.3, 0.4) is 0 Å². The third-order valence-electron chi connectivity index (χ3n) is 3.06. The third-order valence-corrected chi connectivity index (χ3v) is 4.46. The van der Waals surface area contributed by atoms with Crippen LogP contribution in [0.15, 0.2) is 47.4 Å². The molecule has 0 amide bonds. The van der Waals surface area contributed by atoms with Crippen molar-refractivity contribution in [3.63, 3.8) is 0 Å². The van der Waals surface area contributed by atoms with Crippen molar-refractivity contribution in [1.29, 1.82) is 0 Å². The number of ether oxygens (including phenoxy) is 1. The Morgan fingerprint density at radius 2 is 1.95 bits per heavy atom. The number of nitrogens with one attached hydrogen (secondary N) is 1. The van der Waals surface area contributed by atoms with Gasteiger partial charge in [0.25, 0.3) is 0 Å². The molecule has 2 rings (SSSR count). The molecule has 0 aromatic heterocycles. The van der Waals surface area contributed by atoms with E-state index in [1.165, 1.54) is 7.11 Å². The minimum Gasteiger partial charge on any atom is -0.496 e. The number of aryl methyl sites for hydroxylation is 1. The number of nitrogen functional groups attached to an aromatic ring is 1. The second-order valence-electron chi connectivity index (χ2n) is 4.71. The maximum Gasteiger partial charge on any atom is 0.240 e. The van der Waals surface area contributed by atoms with Gasteiger partial charge >= 0.3 is 0 Å². The van der Waals surface area contributed by atoms with Gasteiger partial charge in [-0.1, -0.05) is 12.1 Å². The highest BCUT2D eigenvalue weighted by molar-refractivity contribution is 7.89. The molecule has 0 saturated heterocycles. The molecule has 0 radical (unpaired) electrons. The SMILES string of the molecule is COc1ccc(N)cc1CNS(=O)(=O)c1cccc(C)c1. The predicted octanol–water partition coefficient (Wildman–Crippen LogP) is 2.06. The fourth-order valence-corrected chi connectivity index (χ4v) is 3.09. The lowest BCUT2D eigenvalue weighted by Gasteiger charge is -2.11. The number of sulfonamides is 1. The molecule has 0 fully saturated rings. The highest BCUT2D eigenvalue weighted by Gasteiger charge is 2.15. The molecule has 2 aromatic carbocycles. The van der Waals surface area contributed by atoms with Crippen LogP contribution in [0.5, 0.6) is 5.75 Å². The first-order chi connectivity index (χ1) is 9.92. The summed E-state index contributed by atoms with van der Waals surface area (Å²) in [6, 6.07) is 11.9.